The van der Waals surface area contributed by atoms with E-state index in [0.717, 1.165) is 6.29 Å². The van der Waals surface area contributed by atoms with Gasteiger partial charge < -0.3 is 19.5 Å². The third-order valence-electron chi connectivity index (χ3n) is 2.98. The molecule has 1 aliphatic heterocycles. The van der Waals surface area contributed by atoms with Crippen LogP contribution in [-0.2, 0) is 9.53 Å². The number of piperidine rings is 1. The van der Waals surface area contributed by atoms with E-state index in [1.54, 1.807) is 4.90 Å². The Morgan fingerprint density at radius 3 is 2.29 bits per heavy atom. The monoisotopic (exact) mass is 243 g/mol. The van der Waals surface area contributed by atoms with Crippen molar-refractivity contribution in [2.45, 2.75) is 39.2 Å². The molecule has 0 unspecified atom stereocenters. The summed E-state index contributed by atoms with van der Waals surface area (Å²) >= 11 is 0. The number of amides is 1. The highest BCUT2D eigenvalue weighted by Gasteiger charge is 2.36. The number of carbonyl (C=O) groups is 2. The number of ether oxygens (including phenoxy) is 1. The Morgan fingerprint density at radius 1 is 1.41 bits per heavy atom. The second-order valence-corrected chi connectivity index (χ2v) is 5.61. The van der Waals surface area contributed by atoms with Crippen molar-refractivity contribution in [1.29, 1.82) is 0 Å². The fourth-order valence-electron chi connectivity index (χ4n) is 1.77. The van der Waals surface area contributed by atoms with E-state index in [1.165, 1.54) is 0 Å². The molecule has 1 saturated heterocycles. The van der Waals surface area contributed by atoms with Crippen molar-refractivity contribution in [1.82, 2.24) is 4.90 Å². The van der Waals surface area contributed by atoms with Gasteiger partial charge in [0.15, 0.2) is 0 Å². The van der Waals surface area contributed by atoms with Gasteiger partial charge in [0, 0.05) is 13.1 Å². The fraction of sp³-hybridized carbons (Fsp3) is 0.833. The Kier molecular flexibility index (Phi) is 4.14. The number of likely N-dealkylation sites (tertiary alicyclic amines) is 1. The molecular formula is C12H21NO4. The van der Waals surface area contributed by atoms with Gasteiger partial charge in [0.05, 0.1) is 12.0 Å². The zero-order valence-electron chi connectivity index (χ0n) is 10.7. The smallest absolute Gasteiger partial charge is 0.410 e. The van der Waals surface area contributed by atoms with Crippen LogP contribution in [-0.4, -0.2) is 47.7 Å². The first-order valence-electron chi connectivity index (χ1n) is 5.87. The van der Waals surface area contributed by atoms with E-state index in [0.29, 0.717) is 25.9 Å². The summed E-state index contributed by atoms with van der Waals surface area (Å²) in [6, 6.07) is 0. The van der Waals surface area contributed by atoms with Crippen LogP contribution in [0.15, 0.2) is 0 Å². The van der Waals surface area contributed by atoms with Crippen LogP contribution < -0.4 is 0 Å². The van der Waals surface area contributed by atoms with E-state index < -0.39 is 11.0 Å². The van der Waals surface area contributed by atoms with Crippen LogP contribution in [0.4, 0.5) is 4.79 Å². The first kappa shape index (κ1) is 14.0. The predicted molar refractivity (Wildman–Crippen MR) is 62.6 cm³/mol. The van der Waals surface area contributed by atoms with Crippen LogP contribution in [0.5, 0.6) is 0 Å². The number of rotatable bonds is 2. The summed E-state index contributed by atoms with van der Waals surface area (Å²) in [6.45, 7) is 6.20. The summed E-state index contributed by atoms with van der Waals surface area (Å²) in [5.74, 6) is 0. The van der Waals surface area contributed by atoms with Crippen molar-refractivity contribution in [2.75, 3.05) is 19.7 Å². The highest BCUT2D eigenvalue weighted by atomic mass is 16.6. The van der Waals surface area contributed by atoms with Gasteiger partial charge in [-0.1, -0.05) is 0 Å². The van der Waals surface area contributed by atoms with Crippen molar-refractivity contribution in [3.8, 4) is 0 Å². The predicted octanol–water partition coefficient (Wildman–Crippen LogP) is 1.19. The first-order valence-corrected chi connectivity index (χ1v) is 5.87. The van der Waals surface area contributed by atoms with Gasteiger partial charge in [-0.3, -0.25) is 0 Å². The highest BCUT2D eigenvalue weighted by molar-refractivity contribution is 5.69. The van der Waals surface area contributed by atoms with Gasteiger partial charge in [-0.25, -0.2) is 4.79 Å². The van der Waals surface area contributed by atoms with Gasteiger partial charge in [0.1, 0.15) is 11.9 Å². The molecular weight excluding hydrogens is 222 g/mol. The van der Waals surface area contributed by atoms with E-state index in [4.69, 9.17) is 4.74 Å². The van der Waals surface area contributed by atoms with Gasteiger partial charge in [-0.15, -0.1) is 0 Å². The molecule has 0 radical (unpaired) electrons. The summed E-state index contributed by atoms with van der Waals surface area (Å²) in [6.07, 6.45) is 1.44. The molecule has 1 amide bonds. The molecule has 5 heteroatoms. The molecule has 1 rings (SSSR count). The van der Waals surface area contributed by atoms with Crippen LogP contribution in [0.3, 0.4) is 0 Å². The van der Waals surface area contributed by atoms with Crippen LogP contribution in [0.1, 0.15) is 33.6 Å². The van der Waals surface area contributed by atoms with Gasteiger partial charge in [0.2, 0.25) is 0 Å². The minimum Gasteiger partial charge on any atom is -0.444 e. The summed E-state index contributed by atoms with van der Waals surface area (Å²) in [5, 5.41) is 9.19. The van der Waals surface area contributed by atoms with Crippen LogP contribution in [0.2, 0.25) is 0 Å². The van der Waals surface area contributed by atoms with E-state index in [2.05, 4.69) is 0 Å². The SMILES string of the molecule is CC(C)(C)OC(=O)N1CCC(C=O)(CO)CC1. The number of carbonyl (C=O) groups excluding carboxylic acids is 2. The molecule has 0 aromatic carbocycles. The highest BCUT2D eigenvalue weighted by Crippen LogP contribution is 2.29. The maximum absolute atomic E-state index is 11.8. The molecule has 17 heavy (non-hydrogen) atoms. The summed E-state index contributed by atoms with van der Waals surface area (Å²) in [4.78, 5) is 24.3. The standard InChI is InChI=1S/C12H21NO4/c1-11(2,3)17-10(16)13-6-4-12(8-14,9-15)5-7-13/h8,15H,4-7,9H2,1-3H3. The number of aliphatic hydroxyl groups is 1. The van der Waals surface area contributed by atoms with Crippen molar-refractivity contribution >= 4 is 12.4 Å². The summed E-state index contributed by atoms with van der Waals surface area (Å²) < 4.78 is 5.25. The van der Waals surface area contributed by atoms with Crippen molar-refractivity contribution < 1.29 is 19.4 Å². The zero-order chi connectivity index (χ0) is 13.1. The lowest BCUT2D eigenvalue weighted by Gasteiger charge is -2.37. The lowest BCUT2D eigenvalue weighted by atomic mass is 9.81. The van der Waals surface area contributed by atoms with Gasteiger partial charge in [-0.05, 0) is 33.6 Å². The summed E-state index contributed by atoms with van der Waals surface area (Å²) in [5.41, 5.74) is -1.17. The number of aliphatic hydroxyl groups excluding tert-OH is 1. The molecule has 0 saturated carbocycles. The molecule has 98 valence electrons. The van der Waals surface area contributed by atoms with Crippen LogP contribution >= 0.6 is 0 Å². The number of nitrogens with zero attached hydrogens (tertiary/aromatic N) is 1. The molecule has 5 nitrogen and oxygen atoms in total. The molecule has 1 fully saturated rings. The second kappa shape index (κ2) is 5.04. The molecule has 0 aliphatic carbocycles. The number of aldehydes is 1. The Bertz CT molecular complexity index is 287. The molecule has 0 spiro atoms. The molecule has 1 N–H and O–H groups in total. The Labute approximate surface area is 102 Å². The van der Waals surface area contributed by atoms with E-state index in [9.17, 15) is 14.7 Å². The Hall–Kier alpha value is -1.10. The first-order chi connectivity index (χ1) is 7.82. The van der Waals surface area contributed by atoms with Gasteiger partial charge >= 0.3 is 6.09 Å². The van der Waals surface area contributed by atoms with E-state index >= 15 is 0 Å². The van der Waals surface area contributed by atoms with Gasteiger partial charge in [-0.2, -0.15) is 0 Å². The van der Waals surface area contributed by atoms with Gasteiger partial charge in [0.25, 0.3) is 0 Å². The third kappa shape index (κ3) is 3.70. The van der Waals surface area contributed by atoms with Crippen LogP contribution in [0.25, 0.3) is 0 Å². The van der Waals surface area contributed by atoms with E-state index in [1.807, 2.05) is 20.8 Å². The lowest BCUT2D eigenvalue weighted by Crippen LogP contribution is -2.47. The topological polar surface area (TPSA) is 66.8 Å². The normalized spacial score (nSPS) is 19.9. The third-order valence-corrected chi connectivity index (χ3v) is 2.98. The molecule has 1 heterocycles. The maximum Gasteiger partial charge on any atom is 0.410 e. The van der Waals surface area contributed by atoms with Crippen molar-refractivity contribution in [2.24, 2.45) is 5.41 Å². The van der Waals surface area contributed by atoms with Crippen molar-refractivity contribution in [3.63, 3.8) is 0 Å². The second-order valence-electron chi connectivity index (χ2n) is 5.61. The average molecular weight is 243 g/mol. The lowest BCUT2D eigenvalue weighted by molar-refractivity contribution is -0.121. The minimum absolute atomic E-state index is 0.154. The molecule has 0 bridgehead atoms. The van der Waals surface area contributed by atoms with Crippen LogP contribution in [0, 0.1) is 5.41 Å². The largest absolute Gasteiger partial charge is 0.444 e. The molecule has 0 aromatic rings. The molecule has 0 atom stereocenters. The molecule has 1 aliphatic rings. The fourth-order valence-corrected chi connectivity index (χ4v) is 1.77. The minimum atomic E-state index is -0.668. The zero-order valence-corrected chi connectivity index (χ0v) is 10.7. The number of hydrogen-bond acceptors (Lipinski definition) is 4. The summed E-state index contributed by atoms with van der Waals surface area (Å²) in [7, 11) is 0. The Morgan fingerprint density at radius 2 is 1.94 bits per heavy atom. The average Bonchev–Trinajstić information content (AvgIpc) is 2.27. The number of hydrogen-bond donors (Lipinski definition) is 1. The maximum atomic E-state index is 11.8. The quantitative estimate of drug-likeness (QED) is 0.740. The Balaban J connectivity index is 2.52. The van der Waals surface area contributed by atoms with Crippen molar-refractivity contribution in [3.05, 3.63) is 0 Å². The molecule has 0 aromatic heterocycles. The van der Waals surface area contributed by atoms with E-state index in [-0.39, 0.29) is 12.7 Å².